The lowest BCUT2D eigenvalue weighted by Crippen LogP contribution is -2.35. The van der Waals surface area contributed by atoms with Crippen LogP contribution in [0, 0.1) is 5.82 Å². The summed E-state index contributed by atoms with van der Waals surface area (Å²) in [6, 6.07) is 10.8. The molecule has 108 valence electrons. The molecule has 1 heterocycles. The smallest absolute Gasteiger partial charge is 0.339 e. The molecule has 1 aliphatic rings. The number of ether oxygens (including phenoxy) is 1. The predicted molar refractivity (Wildman–Crippen MR) is 69.6 cm³/mol. The fourth-order valence-electron chi connectivity index (χ4n) is 2.42. The van der Waals surface area contributed by atoms with Crippen molar-refractivity contribution in [1.29, 1.82) is 0 Å². The molecule has 0 fully saturated rings. The van der Waals surface area contributed by atoms with Crippen molar-refractivity contribution in [2.45, 2.75) is 18.6 Å². The summed E-state index contributed by atoms with van der Waals surface area (Å²) < 4.78 is 47.0. The van der Waals surface area contributed by atoms with Crippen molar-refractivity contribution in [2.24, 2.45) is 0 Å². The Bertz CT molecular complexity index is 683. The third-order valence-electron chi connectivity index (χ3n) is 3.46. The number of fused-ring (bicyclic) bond motifs is 1. The van der Waals surface area contributed by atoms with Crippen LogP contribution in [0.25, 0.3) is 0 Å². The van der Waals surface area contributed by atoms with Crippen LogP contribution in [-0.2, 0) is 11.3 Å². The summed E-state index contributed by atoms with van der Waals surface area (Å²) in [4.78, 5) is 12.0. The Morgan fingerprint density at radius 1 is 1.14 bits per heavy atom. The van der Waals surface area contributed by atoms with Crippen molar-refractivity contribution in [3.05, 3.63) is 71.0 Å². The van der Waals surface area contributed by atoms with Crippen LogP contribution in [0.2, 0.25) is 0 Å². The molecule has 0 aromatic heterocycles. The van der Waals surface area contributed by atoms with E-state index < -0.39 is 23.6 Å². The first kappa shape index (κ1) is 13.8. The number of benzene rings is 2. The molecule has 0 amide bonds. The molecule has 2 aromatic carbocycles. The summed E-state index contributed by atoms with van der Waals surface area (Å²) in [5, 5.41) is 0. The highest BCUT2D eigenvalue weighted by molar-refractivity contribution is 6.01. The van der Waals surface area contributed by atoms with E-state index in [9.17, 15) is 18.0 Å². The van der Waals surface area contributed by atoms with Crippen LogP contribution in [0.3, 0.4) is 0 Å². The summed E-state index contributed by atoms with van der Waals surface area (Å²) in [7, 11) is 0. The van der Waals surface area contributed by atoms with Crippen LogP contribution in [0.15, 0.2) is 48.5 Å². The Kier molecular flexibility index (Phi) is 3.29. The summed E-state index contributed by atoms with van der Waals surface area (Å²) in [6.07, 6.45) is -1.68. The first-order valence-corrected chi connectivity index (χ1v) is 6.38. The number of halogens is 3. The molecule has 0 aliphatic carbocycles. The van der Waals surface area contributed by atoms with Gasteiger partial charge in [0.25, 0.3) is 0 Å². The lowest BCUT2D eigenvalue weighted by Gasteiger charge is -2.22. The highest BCUT2D eigenvalue weighted by Crippen LogP contribution is 2.43. The minimum atomic E-state index is -3.70. The highest BCUT2D eigenvalue weighted by atomic mass is 19.3. The molecule has 5 heteroatoms. The Morgan fingerprint density at radius 3 is 2.57 bits per heavy atom. The first-order chi connectivity index (χ1) is 10.00. The number of alkyl halides is 2. The van der Waals surface area contributed by atoms with Gasteiger partial charge >= 0.3 is 5.92 Å². The maximum Gasteiger partial charge on any atom is 0.339 e. The van der Waals surface area contributed by atoms with E-state index in [4.69, 9.17) is 4.74 Å². The molecule has 0 spiro atoms. The van der Waals surface area contributed by atoms with E-state index in [0.29, 0.717) is 5.56 Å². The predicted octanol–water partition coefficient (Wildman–Crippen LogP) is 3.92. The van der Waals surface area contributed by atoms with Gasteiger partial charge in [-0.1, -0.05) is 36.4 Å². The van der Waals surface area contributed by atoms with E-state index in [1.165, 1.54) is 30.3 Å². The van der Waals surface area contributed by atoms with Crippen LogP contribution in [0.5, 0.6) is 0 Å². The molecule has 1 aliphatic heterocycles. The van der Waals surface area contributed by atoms with Crippen LogP contribution in [0.1, 0.15) is 27.6 Å². The third-order valence-corrected chi connectivity index (χ3v) is 3.46. The molecular weight excluding hydrogens is 281 g/mol. The Balaban J connectivity index is 1.96. The van der Waals surface area contributed by atoms with Crippen molar-refractivity contribution >= 4 is 5.78 Å². The fraction of sp³-hybridized carbons (Fsp3) is 0.188. The maximum atomic E-state index is 14.4. The molecule has 0 radical (unpaired) electrons. The Hall–Kier alpha value is -2.14. The largest absolute Gasteiger partial charge is 0.362 e. The van der Waals surface area contributed by atoms with Crippen LogP contribution >= 0.6 is 0 Å². The van der Waals surface area contributed by atoms with E-state index in [1.807, 2.05) is 0 Å². The molecule has 2 nitrogen and oxygen atoms in total. The lowest BCUT2D eigenvalue weighted by molar-refractivity contribution is -0.105. The van der Waals surface area contributed by atoms with Gasteiger partial charge in [-0.3, -0.25) is 4.79 Å². The molecule has 0 N–H and O–H groups in total. The highest BCUT2D eigenvalue weighted by Gasteiger charge is 2.51. The van der Waals surface area contributed by atoms with Gasteiger partial charge in [-0.25, -0.2) is 4.39 Å². The van der Waals surface area contributed by atoms with E-state index >= 15 is 0 Å². The zero-order valence-corrected chi connectivity index (χ0v) is 10.9. The Labute approximate surface area is 119 Å². The summed E-state index contributed by atoms with van der Waals surface area (Å²) in [6.45, 7) is -0.130. The number of Topliss-reactive ketones (excluding diaryl/α,β-unsaturated/α-hetero) is 1. The van der Waals surface area contributed by atoms with E-state index in [-0.39, 0.29) is 17.7 Å². The second-order valence-electron chi connectivity index (χ2n) is 4.85. The van der Waals surface area contributed by atoms with Crippen molar-refractivity contribution in [3.63, 3.8) is 0 Å². The molecule has 1 atom stereocenters. The maximum absolute atomic E-state index is 14.4. The zero-order valence-electron chi connectivity index (χ0n) is 10.9. The van der Waals surface area contributed by atoms with Crippen molar-refractivity contribution < 1.29 is 22.7 Å². The van der Waals surface area contributed by atoms with Gasteiger partial charge in [-0.05, 0) is 23.3 Å². The van der Waals surface area contributed by atoms with Gasteiger partial charge in [0.1, 0.15) is 5.82 Å². The second kappa shape index (κ2) is 5.00. The van der Waals surface area contributed by atoms with E-state index in [1.54, 1.807) is 6.07 Å². The van der Waals surface area contributed by atoms with Crippen molar-refractivity contribution in [3.8, 4) is 0 Å². The summed E-state index contributed by atoms with van der Waals surface area (Å²) in [5.41, 5.74) is 0.424. The quantitative estimate of drug-likeness (QED) is 0.802. The molecule has 0 saturated heterocycles. The minimum Gasteiger partial charge on any atom is -0.362 e. The summed E-state index contributed by atoms with van der Waals surface area (Å²) >= 11 is 0. The van der Waals surface area contributed by atoms with E-state index in [2.05, 4.69) is 0 Å². The second-order valence-corrected chi connectivity index (χ2v) is 4.85. The van der Waals surface area contributed by atoms with Crippen molar-refractivity contribution in [2.75, 3.05) is 0 Å². The van der Waals surface area contributed by atoms with Crippen LogP contribution in [0.4, 0.5) is 13.2 Å². The number of carbonyl (C=O) groups excluding carboxylic acids is 1. The van der Waals surface area contributed by atoms with E-state index in [0.717, 1.165) is 12.1 Å². The van der Waals surface area contributed by atoms with Gasteiger partial charge in [-0.2, -0.15) is 8.78 Å². The third kappa shape index (κ3) is 2.34. The minimum absolute atomic E-state index is 0.0818. The average Bonchev–Trinajstić information content (AvgIpc) is 2.91. The number of ketones is 1. The fourth-order valence-corrected chi connectivity index (χ4v) is 2.42. The zero-order chi connectivity index (χ0) is 15.0. The van der Waals surface area contributed by atoms with Crippen LogP contribution in [-0.4, -0.2) is 11.7 Å². The molecular formula is C16H11F3O2. The summed E-state index contributed by atoms with van der Waals surface area (Å²) in [5.74, 6) is -5.52. The van der Waals surface area contributed by atoms with Gasteiger partial charge in [0.15, 0.2) is 6.10 Å². The SMILES string of the molecule is O=C(c1ccccc1)C(F)(F)[C@@H]1OCc2cc(F)ccc21. The van der Waals surface area contributed by atoms with Gasteiger partial charge in [0.05, 0.1) is 6.61 Å². The van der Waals surface area contributed by atoms with Crippen molar-refractivity contribution in [1.82, 2.24) is 0 Å². The molecule has 0 unspecified atom stereocenters. The van der Waals surface area contributed by atoms with Crippen LogP contribution < -0.4 is 0 Å². The van der Waals surface area contributed by atoms with Gasteiger partial charge in [0.2, 0.25) is 5.78 Å². The standard InChI is InChI=1S/C16H11F3O2/c17-12-6-7-13-11(8-12)9-21-15(13)16(18,19)14(20)10-4-2-1-3-5-10/h1-8,15H,9H2/t15-/m1/s1. The molecule has 2 aromatic rings. The lowest BCUT2D eigenvalue weighted by atomic mass is 9.95. The monoisotopic (exact) mass is 292 g/mol. The number of hydrogen-bond donors (Lipinski definition) is 0. The average molecular weight is 292 g/mol. The first-order valence-electron chi connectivity index (χ1n) is 6.38. The number of hydrogen-bond acceptors (Lipinski definition) is 2. The number of rotatable bonds is 3. The Morgan fingerprint density at radius 2 is 1.86 bits per heavy atom. The molecule has 0 bridgehead atoms. The molecule has 0 saturated carbocycles. The number of carbonyl (C=O) groups is 1. The van der Waals surface area contributed by atoms with Gasteiger partial charge < -0.3 is 4.74 Å². The molecule has 3 rings (SSSR count). The van der Waals surface area contributed by atoms with Gasteiger partial charge in [0, 0.05) is 5.56 Å². The molecule has 21 heavy (non-hydrogen) atoms. The van der Waals surface area contributed by atoms with Gasteiger partial charge in [-0.15, -0.1) is 0 Å². The normalized spacial score (nSPS) is 17.6. The topological polar surface area (TPSA) is 26.3 Å².